The van der Waals surface area contributed by atoms with Gasteiger partial charge in [0.15, 0.2) is 0 Å². The molecule has 2 fully saturated rings. The SMILES string of the molecule is O=C1C[C@H]2CCO[C@@H]2O1. The summed E-state index contributed by atoms with van der Waals surface area (Å²) in [6.07, 6.45) is 1.35. The Morgan fingerprint density at radius 3 is 3.22 bits per heavy atom. The Balaban J connectivity index is 2.09. The molecule has 2 rings (SSSR count). The van der Waals surface area contributed by atoms with Crippen molar-refractivity contribution in [3.63, 3.8) is 0 Å². The van der Waals surface area contributed by atoms with Gasteiger partial charge in [0.2, 0.25) is 6.29 Å². The van der Waals surface area contributed by atoms with Crippen LogP contribution in [0.4, 0.5) is 0 Å². The minimum absolute atomic E-state index is 0.107. The normalized spacial score (nSPS) is 40.7. The first-order chi connectivity index (χ1) is 4.36. The van der Waals surface area contributed by atoms with E-state index in [4.69, 9.17) is 9.47 Å². The lowest BCUT2D eigenvalue weighted by Gasteiger charge is -2.03. The lowest BCUT2D eigenvalue weighted by atomic mass is 10.1. The Hall–Kier alpha value is -0.570. The Morgan fingerprint density at radius 1 is 1.56 bits per heavy atom. The number of esters is 1. The van der Waals surface area contributed by atoms with E-state index in [2.05, 4.69) is 0 Å². The summed E-state index contributed by atoms with van der Waals surface area (Å²) in [5.74, 6) is 0.252. The first kappa shape index (κ1) is 5.23. The van der Waals surface area contributed by atoms with Crippen LogP contribution in [-0.2, 0) is 14.3 Å². The molecule has 9 heavy (non-hydrogen) atoms. The monoisotopic (exact) mass is 128 g/mol. The largest absolute Gasteiger partial charge is 0.435 e. The van der Waals surface area contributed by atoms with Gasteiger partial charge in [-0.2, -0.15) is 0 Å². The van der Waals surface area contributed by atoms with Gasteiger partial charge in [-0.1, -0.05) is 0 Å². The molecule has 0 saturated carbocycles. The molecule has 0 aromatic carbocycles. The van der Waals surface area contributed by atoms with Gasteiger partial charge in [-0.15, -0.1) is 0 Å². The average Bonchev–Trinajstić information content (AvgIpc) is 2.22. The number of carbonyl (C=O) groups is 1. The van der Waals surface area contributed by atoms with Gasteiger partial charge in [-0.05, 0) is 6.42 Å². The van der Waals surface area contributed by atoms with E-state index in [1.165, 1.54) is 0 Å². The quantitative estimate of drug-likeness (QED) is 0.440. The van der Waals surface area contributed by atoms with E-state index in [-0.39, 0.29) is 12.3 Å². The number of fused-ring (bicyclic) bond motifs is 1. The van der Waals surface area contributed by atoms with Gasteiger partial charge in [0, 0.05) is 5.92 Å². The number of carbonyl (C=O) groups excluding carboxylic acids is 1. The Labute approximate surface area is 52.9 Å². The Morgan fingerprint density at radius 2 is 2.44 bits per heavy atom. The molecule has 0 N–H and O–H groups in total. The van der Waals surface area contributed by atoms with Gasteiger partial charge in [-0.3, -0.25) is 4.79 Å². The van der Waals surface area contributed by atoms with E-state index in [1.54, 1.807) is 0 Å². The highest BCUT2D eigenvalue weighted by atomic mass is 16.7. The molecule has 50 valence electrons. The molecule has 2 aliphatic heterocycles. The first-order valence-corrected chi connectivity index (χ1v) is 3.17. The van der Waals surface area contributed by atoms with Crippen molar-refractivity contribution < 1.29 is 14.3 Å². The van der Waals surface area contributed by atoms with Crippen LogP contribution in [-0.4, -0.2) is 18.9 Å². The molecule has 2 aliphatic rings. The third-order valence-electron chi connectivity index (χ3n) is 1.83. The second kappa shape index (κ2) is 1.70. The standard InChI is InChI=1S/C6H8O3/c7-5-3-4-1-2-8-6(4)9-5/h4,6H,1-3H2/t4-,6-/m1/s1. The molecule has 0 spiro atoms. The summed E-state index contributed by atoms with van der Waals surface area (Å²) in [6.45, 7) is 0.753. The highest BCUT2D eigenvalue weighted by Crippen LogP contribution is 2.31. The molecule has 0 amide bonds. The number of ether oxygens (including phenoxy) is 2. The van der Waals surface area contributed by atoms with Gasteiger partial charge in [0.25, 0.3) is 0 Å². The van der Waals surface area contributed by atoms with Gasteiger partial charge < -0.3 is 9.47 Å². The fourth-order valence-corrected chi connectivity index (χ4v) is 1.33. The topological polar surface area (TPSA) is 35.5 Å². The third kappa shape index (κ3) is 0.721. The molecule has 0 radical (unpaired) electrons. The van der Waals surface area contributed by atoms with Gasteiger partial charge in [0.05, 0.1) is 13.0 Å². The van der Waals surface area contributed by atoms with E-state index < -0.39 is 0 Å². The van der Waals surface area contributed by atoms with Crippen LogP contribution in [0.3, 0.4) is 0 Å². The molecule has 0 aromatic rings. The zero-order valence-corrected chi connectivity index (χ0v) is 5.00. The van der Waals surface area contributed by atoms with Crippen molar-refractivity contribution in [2.24, 2.45) is 5.92 Å². The van der Waals surface area contributed by atoms with Crippen LogP contribution in [0.25, 0.3) is 0 Å². The number of hydrogen-bond acceptors (Lipinski definition) is 3. The van der Waals surface area contributed by atoms with E-state index >= 15 is 0 Å². The maximum atomic E-state index is 10.6. The highest BCUT2D eigenvalue weighted by molar-refractivity contribution is 5.71. The van der Waals surface area contributed by atoms with Crippen molar-refractivity contribution in [1.82, 2.24) is 0 Å². The summed E-state index contributed by atoms with van der Waals surface area (Å²) >= 11 is 0. The lowest BCUT2D eigenvalue weighted by Crippen LogP contribution is -2.09. The summed E-state index contributed by atoms with van der Waals surface area (Å²) in [7, 11) is 0. The molecule has 3 heteroatoms. The predicted molar refractivity (Wildman–Crippen MR) is 28.6 cm³/mol. The molecule has 2 heterocycles. The molecule has 0 unspecified atom stereocenters. The average molecular weight is 128 g/mol. The summed E-state index contributed by atoms with van der Waals surface area (Å²) in [4.78, 5) is 10.6. The molecule has 2 saturated heterocycles. The molecular weight excluding hydrogens is 120 g/mol. The smallest absolute Gasteiger partial charge is 0.308 e. The van der Waals surface area contributed by atoms with E-state index in [0.29, 0.717) is 12.3 Å². The van der Waals surface area contributed by atoms with Crippen LogP contribution in [0.1, 0.15) is 12.8 Å². The van der Waals surface area contributed by atoms with E-state index in [1.807, 2.05) is 0 Å². The van der Waals surface area contributed by atoms with Crippen molar-refractivity contribution >= 4 is 5.97 Å². The number of rotatable bonds is 0. The Kier molecular flexibility index (Phi) is 0.990. The van der Waals surface area contributed by atoms with Gasteiger partial charge in [-0.25, -0.2) is 0 Å². The third-order valence-corrected chi connectivity index (χ3v) is 1.83. The van der Waals surface area contributed by atoms with Crippen LogP contribution in [0.5, 0.6) is 0 Å². The molecule has 3 nitrogen and oxygen atoms in total. The molecule has 0 bridgehead atoms. The summed E-state index contributed by atoms with van der Waals surface area (Å²) in [6, 6.07) is 0. The maximum absolute atomic E-state index is 10.6. The summed E-state index contributed by atoms with van der Waals surface area (Å²) < 4.78 is 9.93. The van der Waals surface area contributed by atoms with Crippen LogP contribution in [0.15, 0.2) is 0 Å². The minimum Gasteiger partial charge on any atom is -0.435 e. The zero-order chi connectivity index (χ0) is 6.27. The lowest BCUT2D eigenvalue weighted by molar-refractivity contribution is -0.158. The van der Waals surface area contributed by atoms with E-state index in [0.717, 1.165) is 13.0 Å². The highest BCUT2D eigenvalue weighted by Gasteiger charge is 2.39. The molecular formula is C6H8O3. The predicted octanol–water partition coefficient (Wildman–Crippen LogP) is 0.296. The fourth-order valence-electron chi connectivity index (χ4n) is 1.33. The van der Waals surface area contributed by atoms with Crippen molar-refractivity contribution in [2.45, 2.75) is 19.1 Å². The molecule has 0 aliphatic carbocycles. The van der Waals surface area contributed by atoms with Crippen molar-refractivity contribution in [3.8, 4) is 0 Å². The second-order valence-corrected chi connectivity index (χ2v) is 2.48. The van der Waals surface area contributed by atoms with Crippen molar-refractivity contribution in [2.75, 3.05) is 6.61 Å². The fraction of sp³-hybridized carbons (Fsp3) is 0.833. The molecule has 0 aromatic heterocycles. The first-order valence-electron chi connectivity index (χ1n) is 3.17. The molecule has 2 atom stereocenters. The summed E-state index contributed by atoms with van der Waals surface area (Å²) in [5, 5.41) is 0. The second-order valence-electron chi connectivity index (χ2n) is 2.48. The summed E-state index contributed by atoms with van der Waals surface area (Å²) in [5.41, 5.74) is 0. The Bertz CT molecular complexity index is 129. The zero-order valence-electron chi connectivity index (χ0n) is 5.00. The van der Waals surface area contributed by atoms with Crippen LogP contribution in [0.2, 0.25) is 0 Å². The van der Waals surface area contributed by atoms with Crippen molar-refractivity contribution in [1.29, 1.82) is 0 Å². The van der Waals surface area contributed by atoms with Gasteiger partial charge in [0.1, 0.15) is 0 Å². The van der Waals surface area contributed by atoms with Gasteiger partial charge >= 0.3 is 5.97 Å². The minimum atomic E-state index is -0.197. The van der Waals surface area contributed by atoms with Crippen LogP contribution >= 0.6 is 0 Å². The number of hydrogen-bond donors (Lipinski definition) is 0. The van der Waals surface area contributed by atoms with Crippen molar-refractivity contribution in [3.05, 3.63) is 0 Å². The van der Waals surface area contributed by atoms with Crippen LogP contribution in [0, 0.1) is 5.92 Å². The maximum Gasteiger partial charge on any atom is 0.308 e. The van der Waals surface area contributed by atoms with E-state index in [9.17, 15) is 4.79 Å². The van der Waals surface area contributed by atoms with Crippen LogP contribution < -0.4 is 0 Å².